The standard InChI is InChI=1S/C8H18ClNO3S.ClH/c1-2-3-4-5-6-7-10(8-9)14(11,12)13;/h2-8H2,1H3,(H,11,12,13);1H. The Labute approximate surface area is 103 Å². The van der Waals surface area contributed by atoms with Gasteiger partial charge in [-0.05, 0) is 6.42 Å². The third-order valence-corrected chi connectivity index (χ3v) is 3.37. The molecular formula is C8H19Cl2NO3S. The van der Waals surface area contributed by atoms with Crippen molar-refractivity contribution in [2.75, 3.05) is 12.5 Å². The minimum absolute atomic E-state index is 0. The van der Waals surface area contributed by atoms with Crippen molar-refractivity contribution >= 4 is 34.3 Å². The highest BCUT2D eigenvalue weighted by Gasteiger charge is 2.16. The maximum atomic E-state index is 10.7. The third-order valence-electron chi connectivity index (χ3n) is 1.97. The van der Waals surface area contributed by atoms with Gasteiger partial charge < -0.3 is 0 Å². The maximum Gasteiger partial charge on any atom is 0.337 e. The predicted octanol–water partition coefficient (Wildman–Crippen LogP) is 2.68. The van der Waals surface area contributed by atoms with Crippen LogP contribution in [0.3, 0.4) is 0 Å². The first-order valence-electron chi connectivity index (χ1n) is 4.81. The van der Waals surface area contributed by atoms with Gasteiger partial charge in [0.05, 0.1) is 6.00 Å². The maximum absolute atomic E-state index is 10.7. The van der Waals surface area contributed by atoms with Crippen LogP contribution in [0.1, 0.15) is 39.0 Å². The smallest absolute Gasteiger partial charge is 0.273 e. The fourth-order valence-corrected chi connectivity index (χ4v) is 2.10. The lowest BCUT2D eigenvalue weighted by atomic mass is 10.1. The Kier molecular flexibility index (Phi) is 11.5. The van der Waals surface area contributed by atoms with Crippen LogP contribution in [0.15, 0.2) is 0 Å². The van der Waals surface area contributed by atoms with Crippen LogP contribution in [-0.2, 0) is 10.3 Å². The summed E-state index contributed by atoms with van der Waals surface area (Å²) in [4.78, 5) is 0. The van der Waals surface area contributed by atoms with Gasteiger partial charge in [0.25, 0.3) is 0 Å². The quantitative estimate of drug-likeness (QED) is 0.322. The van der Waals surface area contributed by atoms with E-state index in [1.807, 2.05) is 0 Å². The molecule has 0 saturated heterocycles. The largest absolute Gasteiger partial charge is 0.337 e. The highest BCUT2D eigenvalue weighted by molar-refractivity contribution is 7.83. The molecular weight excluding hydrogens is 261 g/mol. The average molecular weight is 280 g/mol. The van der Waals surface area contributed by atoms with Gasteiger partial charge in [-0.3, -0.25) is 4.55 Å². The van der Waals surface area contributed by atoms with Crippen LogP contribution in [-0.4, -0.2) is 29.8 Å². The van der Waals surface area contributed by atoms with Gasteiger partial charge in [-0.25, -0.2) is 0 Å². The summed E-state index contributed by atoms with van der Waals surface area (Å²) in [6, 6.07) is -0.188. The highest BCUT2D eigenvalue weighted by atomic mass is 35.5. The van der Waals surface area contributed by atoms with Gasteiger partial charge in [-0.2, -0.15) is 12.7 Å². The fraction of sp³-hybridized carbons (Fsp3) is 1.00. The van der Waals surface area contributed by atoms with Crippen LogP contribution in [0.25, 0.3) is 0 Å². The molecule has 1 N–H and O–H groups in total. The monoisotopic (exact) mass is 279 g/mol. The zero-order chi connectivity index (χ0) is 11.0. The van der Waals surface area contributed by atoms with Gasteiger partial charge in [0.15, 0.2) is 0 Å². The number of rotatable bonds is 8. The Balaban J connectivity index is 0. The molecule has 0 amide bonds. The number of hydrogen-bond donors (Lipinski definition) is 1. The lowest BCUT2D eigenvalue weighted by Crippen LogP contribution is -2.30. The van der Waals surface area contributed by atoms with E-state index in [4.69, 9.17) is 16.2 Å². The number of alkyl halides is 1. The van der Waals surface area contributed by atoms with Gasteiger partial charge in [-0.1, -0.05) is 32.6 Å². The lowest BCUT2D eigenvalue weighted by molar-refractivity contribution is 0.371. The zero-order valence-electron chi connectivity index (χ0n) is 8.86. The topological polar surface area (TPSA) is 57.6 Å². The minimum Gasteiger partial charge on any atom is -0.273 e. The highest BCUT2D eigenvalue weighted by Crippen LogP contribution is 2.06. The second-order valence-electron chi connectivity index (χ2n) is 3.19. The van der Waals surface area contributed by atoms with Crippen LogP contribution < -0.4 is 0 Å². The third kappa shape index (κ3) is 9.38. The molecule has 0 aliphatic carbocycles. The van der Waals surface area contributed by atoms with Crippen molar-refractivity contribution in [3.8, 4) is 0 Å². The second kappa shape index (κ2) is 9.66. The molecule has 0 heterocycles. The minimum atomic E-state index is -4.11. The molecule has 0 bridgehead atoms. The Bertz CT molecular complexity index is 234. The van der Waals surface area contributed by atoms with E-state index >= 15 is 0 Å². The average Bonchev–Trinajstić information content (AvgIpc) is 2.09. The van der Waals surface area contributed by atoms with Crippen molar-refractivity contribution in [1.29, 1.82) is 0 Å². The van der Waals surface area contributed by atoms with E-state index in [1.54, 1.807) is 0 Å². The molecule has 0 aromatic heterocycles. The number of halogens is 2. The molecule has 15 heavy (non-hydrogen) atoms. The van der Waals surface area contributed by atoms with E-state index in [2.05, 4.69) is 6.92 Å². The molecule has 0 aromatic rings. The van der Waals surface area contributed by atoms with Crippen LogP contribution in [0.5, 0.6) is 0 Å². The van der Waals surface area contributed by atoms with Crippen molar-refractivity contribution < 1.29 is 13.0 Å². The Morgan fingerprint density at radius 2 is 1.73 bits per heavy atom. The van der Waals surface area contributed by atoms with Crippen molar-refractivity contribution in [3.05, 3.63) is 0 Å². The molecule has 0 aliphatic rings. The fourth-order valence-electron chi connectivity index (χ4n) is 1.13. The normalized spacial score (nSPS) is 11.5. The molecule has 0 saturated carbocycles. The molecule has 0 unspecified atom stereocenters. The Morgan fingerprint density at radius 3 is 2.13 bits per heavy atom. The summed E-state index contributed by atoms with van der Waals surface area (Å²) in [5.74, 6) is 0. The van der Waals surface area contributed by atoms with Crippen molar-refractivity contribution in [1.82, 2.24) is 4.31 Å². The van der Waals surface area contributed by atoms with Crippen LogP contribution >= 0.6 is 24.0 Å². The first kappa shape index (κ1) is 17.8. The van der Waals surface area contributed by atoms with Crippen LogP contribution in [0.2, 0.25) is 0 Å². The molecule has 0 radical (unpaired) electrons. The van der Waals surface area contributed by atoms with Crippen molar-refractivity contribution in [2.45, 2.75) is 39.0 Å². The van der Waals surface area contributed by atoms with E-state index in [0.29, 0.717) is 6.54 Å². The first-order chi connectivity index (χ1) is 6.52. The van der Waals surface area contributed by atoms with Gasteiger partial charge in [0.1, 0.15) is 0 Å². The van der Waals surface area contributed by atoms with E-state index in [0.717, 1.165) is 36.4 Å². The van der Waals surface area contributed by atoms with Crippen molar-refractivity contribution in [2.24, 2.45) is 0 Å². The lowest BCUT2D eigenvalue weighted by Gasteiger charge is -2.14. The second-order valence-corrected chi connectivity index (χ2v) is 4.84. The van der Waals surface area contributed by atoms with Gasteiger partial charge >= 0.3 is 10.3 Å². The van der Waals surface area contributed by atoms with E-state index < -0.39 is 10.3 Å². The van der Waals surface area contributed by atoms with Gasteiger partial charge in [0.2, 0.25) is 0 Å². The van der Waals surface area contributed by atoms with Crippen LogP contribution in [0, 0.1) is 0 Å². The molecule has 7 heteroatoms. The summed E-state index contributed by atoms with van der Waals surface area (Å²) < 4.78 is 30.9. The van der Waals surface area contributed by atoms with Gasteiger partial charge in [-0.15, -0.1) is 24.0 Å². The number of hydrogen-bond acceptors (Lipinski definition) is 2. The zero-order valence-corrected chi connectivity index (χ0v) is 11.2. The predicted molar refractivity (Wildman–Crippen MR) is 65.0 cm³/mol. The van der Waals surface area contributed by atoms with Crippen molar-refractivity contribution in [3.63, 3.8) is 0 Å². The molecule has 0 spiro atoms. The van der Waals surface area contributed by atoms with Gasteiger partial charge in [0, 0.05) is 6.54 Å². The summed E-state index contributed by atoms with van der Waals surface area (Å²) in [5, 5.41) is 0. The van der Waals surface area contributed by atoms with E-state index in [9.17, 15) is 8.42 Å². The summed E-state index contributed by atoms with van der Waals surface area (Å²) in [7, 11) is -4.11. The van der Waals surface area contributed by atoms with E-state index in [-0.39, 0.29) is 18.4 Å². The molecule has 94 valence electrons. The van der Waals surface area contributed by atoms with Crippen LogP contribution in [0.4, 0.5) is 0 Å². The number of unbranched alkanes of at least 4 members (excludes halogenated alkanes) is 4. The molecule has 0 fully saturated rings. The molecule has 4 nitrogen and oxygen atoms in total. The SMILES string of the molecule is CCCCCCCN(CCl)S(=O)(=O)O.Cl. The Morgan fingerprint density at radius 1 is 1.20 bits per heavy atom. The molecule has 0 aromatic carbocycles. The summed E-state index contributed by atoms with van der Waals surface area (Å²) in [6.45, 7) is 2.41. The molecule has 0 atom stereocenters. The molecule has 0 aliphatic heterocycles. The summed E-state index contributed by atoms with van der Waals surface area (Å²) in [5.41, 5.74) is 0. The molecule has 0 rings (SSSR count). The summed E-state index contributed by atoms with van der Waals surface area (Å²) in [6.07, 6.45) is 5.12. The Hall–Kier alpha value is 0.450. The summed E-state index contributed by atoms with van der Waals surface area (Å²) >= 11 is 5.38. The first-order valence-corrected chi connectivity index (χ1v) is 6.74. The van der Waals surface area contributed by atoms with E-state index in [1.165, 1.54) is 0 Å². The number of nitrogens with zero attached hydrogens (tertiary/aromatic N) is 1.